The van der Waals surface area contributed by atoms with Crippen LogP contribution in [0, 0.1) is 0 Å². The van der Waals surface area contributed by atoms with Crippen LogP contribution < -0.4 is 0 Å². The van der Waals surface area contributed by atoms with E-state index in [1.54, 1.807) is 0 Å². The van der Waals surface area contributed by atoms with Gasteiger partial charge in [0.2, 0.25) is 0 Å². The van der Waals surface area contributed by atoms with Gasteiger partial charge in [0.1, 0.15) is 0 Å². The van der Waals surface area contributed by atoms with Crippen molar-refractivity contribution in [3.63, 3.8) is 0 Å². The molecule has 25 heavy (non-hydrogen) atoms. The Bertz CT molecular complexity index is 396. The van der Waals surface area contributed by atoms with Gasteiger partial charge in [0.25, 0.3) is 0 Å². The first-order chi connectivity index (χ1) is 12.4. The number of aromatic nitrogens is 1. The minimum atomic E-state index is 0.284. The molecule has 144 valence electrons. The van der Waals surface area contributed by atoms with Gasteiger partial charge in [-0.05, 0) is 50.7 Å². The molecular formula is C23H41NO. The van der Waals surface area contributed by atoms with Crippen molar-refractivity contribution in [1.29, 1.82) is 0 Å². The summed E-state index contributed by atoms with van der Waals surface area (Å²) in [5.74, 6) is 0. The molecule has 0 amide bonds. The highest BCUT2D eigenvalue weighted by Crippen LogP contribution is 2.20. The Labute approximate surface area is 156 Å². The maximum Gasteiger partial charge on any atom is 0.0450 e. The summed E-state index contributed by atoms with van der Waals surface area (Å²) in [5.41, 5.74) is 0. The molecule has 0 aliphatic carbocycles. The van der Waals surface area contributed by atoms with Crippen molar-refractivity contribution < 1.29 is 5.11 Å². The van der Waals surface area contributed by atoms with Crippen LogP contribution in [-0.2, 0) is 0 Å². The average molecular weight is 348 g/mol. The summed E-state index contributed by atoms with van der Waals surface area (Å²) in [5, 5.41) is 9.23. The van der Waals surface area contributed by atoms with Crippen molar-refractivity contribution in [1.82, 2.24) is 4.57 Å². The van der Waals surface area contributed by atoms with E-state index in [0.29, 0.717) is 6.04 Å². The molecule has 2 nitrogen and oxygen atoms in total. The minimum Gasteiger partial charge on any atom is -0.396 e. The third kappa shape index (κ3) is 12.0. The summed E-state index contributed by atoms with van der Waals surface area (Å²) < 4.78 is 2.25. The monoisotopic (exact) mass is 347 g/mol. The minimum absolute atomic E-state index is 0.284. The molecule has 0 aliphatic heterocycles. The molecule has 0 saturated heterocycles. The van der Waals surface area contributed by atoms with Gasteiger partial charge in [0, 0.05) is 25.0 Å². The summed E-state index contributed by atoms with van der Waals surface area (Å²) in [6, 6.07) is 4.61. The van der Waals surface area contributed by atoms with E-state index in [1.165, 1.54) is 83.5 Å². The Morgan fingerprint density at radius 2 is 1.32 bits per heavy atom. The maximum atomic E-state index is 9.23. The molecule has 1 unspecified atom stereocenters. The van der Waals surface area contributed by atoms with Gasteiger partial charge in [-0.25, -0.2) is 0 Å². The molecule has 0 aromatic carbocycles. The van der Waals surface area contributed by atoms with Crippen LogP contribution in [0.4, 0.5) is 0 Å². The summed E-state index contributed by atoms with van der Waals surface area (Å²) >= 11 is 0. The fourth-order valence-corrected chi connectivity index (χ4v) is 3.46. The molecule has 0 aliphatic rings. The Morgan fingerprint density at radius 1 is 0.760 bits per heavy atom. The van der Waals surface area contributed by atoms with E-state index >= 15 is 0 Å². The SMILES string of the molecule is CCCCCCCC/C=C\CCCCCCC(CCO)n1cccc1. The number of rotatable bonds is 17. The number of aliphatic hydroxyl groups is 1. The lowest BCUT2D eigenvalue weighted by Gasteiger charge is -2.17. The Kier molecular flexibility index (Phi) is 14.5. The maximum absolute atomic E-state index is 9.23. The largest absolute Gasteiger partial charge is 0.396 e. The van der Waals surface area contributed by atoms with E-state index in [-0.39, 0.29) is 6.61 Å². The quantitative estimate of drug-likeness (QED) is 0.237. The standard InChI is InChI=1S/C23H41NO/c1-2-3-4-5-6-7-8-9-10-11-12-13-14-15-18-23(19-22-25)24-20-16-17-21-24/h9-10,16-17,20-21,23,25H,2-8,11-15,18-19,22H2,1H3/b10-9-. The molecule has 1 N–H and O–H groups in total. The Balaban J connectivity index is 1.91. The van der Waals surface area contributed by atoms with Crippen LogP contribution in [0.2, 0.25) is 0 Å². The molecule has 1 atom stereocenters. The highest BCUT2D eigenvalue weighted by atomic mass is 16.3. The Morgan fingerprint density at radius 3 is 1.92 bits per heavy atom. The number of unbranched alkanes of at least 4 members (excludes halogenated alkanes) is 10. The molecule has 1 rings (SSSR count). The van der Waals surface area contributed by atoms with Gasteiger partial charge in [-0.1, -0.05) is 70.4 Å². The van der Waals surface area contributed by atoms with Gasteiger partial charge >= 0.3 is 0 Å². The van der Waals surface area contributed by atoms with E-state index in [2.05, 4.69) is 48.2 Å². The van der Waals surface area contributed by atoms with E-state index in [1.807, 2.05) is 0 Å². The molecule has 0 fully saturated rings. The predicted molar refractivity (Wildman–Crippen MR) is 110 cm³/mol. The van der Waals surface area contributed by atoms with Crippen LogP contribution in [0.5, 0.6) is 0 Å². The van der Waals surface area contributed by atoms with Crippen molar-refractivity contribution in [3.05, 3.63) is 36.7 Å². The molecule has 0 saturated carbocycles. The smallest absolute Gasteiger partial charge is 0.0450 e. The van der Waals surface area contributed by atoms with E-state index in [9.17, 15) is 5.11 Å². The zero-order chi connectivity index (χ0) is 18.0. The van der Waals surface area contributed by atoms with Crippen LogP contribution in [0.1, 0.15) is 103 Å². The number of hydrogen-bond donors (Lipinski definition) is 1. The third-order valence-corrected chi connectivity index (χ3v) is 5.06. The molecule has 0 spiro atoms. The molecule has 1 aromatic rings. The van der Waals surface area contributed by atoms with Gasteiger partial charge in [0.15, 0.2) is 0 Å². The molecular weight excluding hydrogens is 306 g/mol. The van der Waals surface area contributed by atoms with Crippen LogP contribution in [-0.4, -0.2) is 16.3 Å². The van der Waals surface area contributed by atoms with E-state index < -0.39 is 0 Å². The summed E-state index contributed by atoms with van der Waals surface area (Å²) in [6.45, 7) is 2.56. The first-order valence-electron chi connectivity index (χ1n) is 10.8. The first kappa shape index (κ1) is 22.0. The second-order valence-electron chi connectivity index (χ2n) is 7.32. The zero-order valence-electron chi connectivity index (χ0n) is 16.5. The highest BCUT2D eigenvalue weighted by molar-refractivity contribution is 4.93. The van der Waals surface area contributed by atoms with Crippen molar-refractivity contribution in [2.75, 3.05) is 6.61 Å². The normalized spacial score (nSPS) is 12.9. The number of aliphatic hydroxyl groups excluding tert-OH is 1. The fourth-order valence-electron chi connectivity index (χ4n) is 3.46. The van der Waals surface area contributed by atoms with E-state index in [0.717, 1.165) is 6.42 Å². The summed E-state index contributed by atoms with van der Waals surface area (Å²) in [6.07, 6.45) is 27.2. The number of nitrogens with zero attached hydrogens (tertiary/aromatic N) is 1. The van der Waals surface area contributed by atoms with Crippen molar-refractivity contribution in [3.8, 4) is 0 Å². The van der Waals surface area contributed by atoms with Crippen LogP contribution in [0.15, 0.2) is 36.7 Å². The highest BCUT2D eigenvalue weighted by Gasteiger charge is 2.08. The predicted octanol–water partition coefficient (Wildman–Crippen LogP) is 7.06. The lowest BCUT2D eigenvalue weighted by Crippen LogP contribution is -2.08. The fraction of sp³-hybridized carbons (Fsp3) is 0.739. The van der Waals surface area contributed by atoms with Gasteiger partial charge < -0.3 is 9.67 Å². The first-order valence-corrected chi connectivity index (χ1v) is 10.8. The lowest BCUT2D eigenvalue weighted by atomic mass is 10.0. The van der Waals surface area contributed by atoms with Crippen LogP contribution >= 0.6 is 0 Å². The van der Waals surface area contributed by atoms with Gasteiger partial charge in [-0.15, -0.1) is 0 Å². The van der Waals surface area contributed by atoms with Crippen molar-refractivity contribution >= 4 is 0 Å². The summed E-state index contributed by atoms with van der Waals surface area (Å²) in [4.78, 5) is 0. The lowest BCUT2D eigenvalue weighted by molar-refractivity contribution is 0.250. The zero-order valence-corrected chi connectivity index (χ0v) is 16.5. The van der Waals surface area contributed by atoms with Crippen LogP contribution in [0.25, 0.3) is 0 Å². The topological polar surface area (TPSA) is 25.2 Å². The van der Waals surface area contributed by atoms with Gasteiger partial charge in [-0.2, -0.15) is 0 Å². The van der Waals surface area contributed by atoms with Gasteiger partial charge in [-0.3, -0.25) is 0 Å². The van der Waals surface area contributed by atoms with E-state index in [4.69, 9.17) is 0 Å². The third-order valence-electron chi connectivity index (χ3n) is 5.06. The molecule has 1 aromatic heterocycles. The second kappa shape index (κ2) is 16.4. The second-order valence-corrected chi connectivity index (χ2v) is 7.32. The van der Waals surface area contributed by atoms with Gasteiger partial charge in [0.05, 0.1) is 0 Å². The van der Waals surface area contributed by atoms with Crippen LogP contribution in [0.3, 0.4) is 0 Å². The van der Waals surface area contributed by atoms with Crippen molar-refractivity contribution in [2.45, 2.75) is 103 Å². The molecule has 0 radical (unpaired) electrons. The molecule has 2 heteroatoms. The Hall–Kier alpha value is -1.02. The molecule has 0 bridgehead atoms. The number of allylic oxidation sites excluding steroid dienone is 2. The van der Waals surface area contributed by atoms with Crippen molar-refractivity contribution in [2.24, 2.45) is 0 Å². The molecule has 1 heterocycles. The number of hydrogen-bond acceptors (Lipinski definition) is 1. The summed E-state index contributed by atoms with van der Waals surface area (Å²) in [7, 11) is 0. The average Bonchev–Trinajstić information content (AvgIpc) is 3.15.